The Morgan fingerprint density at radius 2 is 1.77 bits per heavy atom. The number of benzene rings is 1. The number of anilines is 2. The smallest absolute Gasteiger partial charge is 0.231 e. The summed E-state index contributed by atoms with van der Waals surface area (Å²) in [5.74, 6) is 3.01. The van der Waals surface area contributed by atoms with Crippen molar-refractivity contribution in [1.82, 2.24) is 24.6 Å². The lowest BCUT2D eigenvalue weighted by atomic mass is 9.73. The summed E-state index contributed by atoms with van der Waals surface area (Å²) in [6.45, 7) is 7.85. The number of aromatic nitrogens is 4. The number of rotatable bonds is 2. The van der Waals surface area contributed by atoms with Gasteiger partial charge < -0.3 is 9.80 Å². The van der Waals surface area contributed by atoms with Gasteiger partial charge in [-0.3, -0.25) is 9.47 Å². The van der Waals surface area contributed by atoms with Crippen LogP contribution in [-0.4, -0.2) is 57.9 Å². The molecular weight excluding hydrogens is 398 g/mol. The van der Waals surface area contributed by atoms with E-state index in [9.17, 15) is 0 Å². The Hall–Kier alpha value is -2.64. The van der Waals surface area contributed by atoms with E-state index in [2.05, 4.69) is 66.6 Å². The molecule has 1 spiro atoms. The summed E-state index contributed by atoms with van der Waals surface area (Å²) in [6.07, 6.45) is 1.90. The molecule has 6 rings (SSSR count). The Bertz CT molecular complexity index is 1130. The van der Waals surface area contributed by atoms with E-state index in [1.165, 1.54) is 11.1 Å². The Morgan fingerprint density at radius 3 is 2.57 bits per heavy atom. The van der Waals surface area contributed by atoms with E-state index in [0.717, 1.165) is 67.6 Å². The third kappa shape index (κ3) is 2.80. The summed E-state index contributed by atoms with van der Waals surface area (Å²) in [4.78, 5) is 11.5. The second kappa shape index (κ2) is 6.43. The monoisotopic (exact) mass is 421 g/mol. The molecule has 30 heavy (non-hydrogen) atoms. The van der Waals surface area contributed by atoms with Crippen molar-refractivity contribution in [1.29, 1.82) is 0 Å². The van der Waals surface area contributed by atoms with Crippen molar-refractivity contribution in [2.75, 3.05) is 43.0 Å². The number of hydrogen-bond donors (Lipinski definition) is 0. The van der Waals surface area contributed by atoms with Gasteiger partial charge in [-0.25, -0.2) is 4.98 Å². The summed E-state index contributed by atoms with van der Waals surface area (Å²) in [7, 11) is 2.11. The molecule has 0 amide bonds. The van der Waals surface area contributed by atoms with Crippen LogP contribution >= 0.6 is 11.6 Å². The van der Waals surface area contributed by atoms with E-state index in [-0.39, 0.29) is 0 Å². The Balaban J connectivity index is 1.24. The van der Waals surface area contributed by atoms with Gasteiger partial charge in [0.15, 0.2) is 5.82 Å². The van der Waals surface area contributed by atoms with Crippen LogP contribution in [0.2, 0.25) is 5.02 Å². The van der Waals surface area contributed by atoms with Gasteiger partial charge in [0.25, 0.3) is 0 Å². The van der Waals surface area contributed by atoms with Crippen LogP contribution in [0.3, 0.4) is 0 Å². The second-order valence-electron chi connectivity index (χ2n) is 9.10. The minimum absolute atomic E-state index is 0.335. The summed E-state index contributed by atoms with van der Waals surface area (Å²) < 4.78 is 2.22. The van der Waals surface area contributed by atoms with Crippen molar-refractivity contribution in [3.05, 3.63) is 58.5 Å². The Morgan fingerprint density at radius 1 is 0.967 bits per heavy atom. The summed E-state index contributed by atoms with van der Waals surface area (Å²) in [5.41, 5.74) is 3.94. The van der Waals surface area contributed by atoms with E-state index < -0.39 is 0 Å². The highest BCUT2D eigenvalue weighted by Crippen LogP contribution is 2.44. The third-order valence-electron chi connectivity index (χ3n) is 6.46. The van der Waals surface area contributed by atoms with Gasteiger partial charge in [-0.15, -0.1) is 10.2 Å². The molecular formula is C22H24ClN7. The lowest BCUT2D eigenvalue weighted by Gasteiger charge is -2.60. The first-order chi connectivity index (χ1) is 14.5. The third-order valence-corrected chi connectivity index (χ3v) is 6.70. The van der Waals surface area contributed by atoms with Gasteiger partial charge in [-0.2, -0.15) is 0 Å². The standard InChI is InChI=1S/C22H24ClN7/c1-15-5-6-24-19(7-15)28-11-22(12-28)13-29(14-22)21-26-25-20-10-27(2)9-16-8-17(23)3-4-18(16)30(20)21/h3-8H,9-14H2,1-2H3. The molecule has 2 fully saturated rings. The largest absolute Gasteiger partial charge is 0.355 e. The van der Waals surface area contributed by atoms with Gasteiger partial charge in [-0.05, 0) is 55.4 Å². The van der Waals surface area contributed by atoms with Gasteiger partial charge >= 0.3 is 0 Å². The zero-order valence-corrected chi connectivity index (χ0v) is 18.0. The van der Waals surface area contributed by atoms with Crippen LogP contribution in [0.15, 0.2) is 36.5 Å². The number of halogens is 1. The molecule has 0 radical (unpaired) electrons. The van der Waals surface area contributed by atoms with Crippen molar-refractivity contribution in [3.8, 4) is 5.69 Å². The van der Waals surface area contributed by atoms with E-state index in [0.29, 0.717) is 5.41 Å². The van der Waals surface area contributed by atoms with Crippen molar-refractivity contribution in [2.24, 2.45) is 5.41 Å². The van der Waals surface area contributed by atoms with Crippen LogP contribution < -0.4 is 9.80 Å². The number of pyridine rings is 1. The molecule has 2 saturated heterocycles. The lowest BCUT2D eigenvalue weighted by molar-refractivity contribution is 0.153. The van der Waals surface area contributed by atoms with Crippen molar-refractivity contribution < 1.29 is 0 Å². The molecule has 154 valence electrons. The first-order valence-electron chi connectivity index (χ1n) is 10.3. The zero-order chi connectivity index (χ0) is 20.5. The molecule has 0 saturated carbocycles. The molecule has 7 nitrogen and oxygen atoms in total. The van der Waals surface area contributed by atoms with Gasteiger partial charge in [-0.1, -0.05) is 11.6 Å². The van der Waals surface area contributed by atoms with Crippen LogP contribution in [0.4, 0.5) is 11.8 Å². The predicted octanol–water partition coefficient (Wildman–Crippen LogP) is 2.90. The van der Waals surface area contributed by atoms with Crippen LogP contribution in [0, 0.1) is 12.3 Å². The molecule has 3 aliphatic heterocycles. The minimum Gasteiger partial charge on any atom is -0.355 e. The topological polar surface area (TPSA) is 53.3 Å². The van der Waals surface area contributed by atoms with Gasteiger partial charge in [0.1, 0.15) is 5.82 Å². The van der Waals surface area contributed by atoms with Crippen LogP contribution in [0.25, 0.3) is 5.69 Å². The highest BCUT2D eigenvalue weighted by Gasteiger charge is 2.53. The molecule has 0 aliphatic carbocycles. The van der Waals surface area contributed by atoms with Crippen molar-refractivity contribution in [2.45, 2.75) is 20.0 Å². The lowest BCUT2D eigenvalue weighted by Crippen LogP contribution is -2.73. The SMILES string of the molecule is Cc1ccnc(N2CC3(C2)CN(c2nnc4n2-c2ccc(Cl)cc2CN(C)C4)C3)c1. The minimum atomic E-state index is 0.335. The maximum absolute atomic E-state index is 6.28. The molecule has 0 N–H and O–H groups in total. The first kappa shape index (κ1) is 18.2. The molecule has 3 aromatic rings. The average Bonchev–Trinajstić information content (AvgIpc) is 2.96. The van der Waals surface area contributed by atoms with Crippen molar-refractivity contribution in [3.63, 3.8) is 0 Å². The van der Waals surface area contributed by atoms with Crippen LogP contribution in [-0.2, 0) is 13.1 Å². The molecule has 1 aromatic carbocycles. The zero-order valence-electron chi connectivity index (χ0n) is 17.2. The van der Waals surface area contributed by atoms with Gasteiger partial charge in [0.2, 0.25) is 5.95 Å². The van der Waals surface area contributed by atoms with Crippen LogP contribution in [0.5, 0.6) is 0 Å². The number of hydrogen-bond acceptors (Lipinski definition) is 6. The fourth-order valence-corrected chi connectivity index (χ4v) is 5.27. The Kier molecular flexibility index (Phi) is 3.89. The summed E-state index contributed by atoms with van der Waals surface area (Å²) in [6, 6.07) is 10.3. The molecule has 8 heteroatoms. The van der Waals surface area contributed by atoms with E-state index >= 15 is 0 Å². The number of fused-ring (bicyclic) bond motifs is 3. The highest BCUT2D eigenvalue weighted by molar-refractivity contribution is 6.30. The van der Waals surface area contributed by atoms with Crippen LogP contribution in [0.1, 0.15) is 17.0 Å². The molecule has 5 heterocycles. The fourth-order valence-electron chi connectivity index (χ4n) is 5.07. The normalized spacial score (nSPS) is 19.7. The van der Waals surface area contributed by atoms with E-state index in [4.69, 9.17) is 11.6 Å². The first-order valence-corrected chi connectivity index (χ1v) is 10.7. The van der Waals surface area contributed by atoms with Gasteiger partial charge in [0, 0.05) is 49.4 Å². The maximum atomic E-state index is 6.28. The number of nitrogens with zero attached hydrogens (tertiary/aromatic N) is 7. The molecule has 3 aliphatic rings. The molecule has 2 aromatic heterocycles. The molecule has 0 unspecified atom stereocenters. The number of aryl methyl sites for hydroxylation is 1. The second-order valence-corrected chi connectivity index (χ2v) is 9.54. The quantitative estimate of drug-likeness (QED) is 0.634. The summed E-state index contributed by atoms with van der Waals surface area (Å²) in [5, 5.41) is 9.88. The predicted molar refractivity (Wildman–Crippen MR) is 117 cm³/mol. The Labute approximate surface area is 180 Å². The van der Waals surface area contributed by atoms with Crippen molar-refractivity contribution >= 4 is 23.4 Å². The van der Waals surface area contributed by atoms with Gasteiger partial charge in [0.05, 0.1) is 12.2 Å². The van der Waals surface area contributed by atoms with E-state index in [1.807, 2.05) is 18.3 Å². The highest BCUT2D eigenvalue weighted by atomic mass is 35.5. The van der Waals surface area contributed by atoms with E-state index in [1.54, 1.807) is 0 Å². The molecule has 0 atom stereocenters. The maximum Gasteiger partial charge on any atom is 0.231 e. The summed E-state index contributed by atoms with van der Waals surface area (Å²) >= 11 is 6.28. The average molecular weight is 422 g/mol. The fraction of sp³-hybridized carbons (Fsp3) is 0.409. The molecule has 0 bridgehead atoms.